The van der Waals surface area contributed by atoms with Crippen molar-refractivity contribution in [3.05, 3.63) is 52.3 Å². The largest absolute Gasteiger partial charge is 0.493 e. The number of nitrogens with two attached hydrogens (primary N) is 1. The van der Waals surface area contributed by atoms with E-state index in [1.165, 1.54) is 7.11 Å². The summed E-state index contributed by atoms with van der Waals surface area (Å²) in [6.07, 6.45) is 3.41. The van der Waals surface area contributed by atoms with Gasteiger partial charge in [-0.05, 0) is 34.1 Å². The SMILES string of the molecule is COc1cc(C(=O)NN)cc(Br)c1OCc1cccnc1. The number of ether oxygens (including phenoxy) is 2. The molecule has 6 nitrogen and oxygen atoms in total. The van der Waals surface area contributed by atoms with Crippen molar-refractivity contribution in [2.75, 3.05) is 7.11 Å². The summed E-state index contributed by atoms with van der Waals surface area (Å²) in [6.45, 7) is 0.339. The van der Waals surface area contributed by atoms with E-state index in [4.69, 9.17) is 15.3 Å². The lowest BCUT2D eigenvalue weighted by molar-refractivity contribution is 0.0953. The van der Waals surface area contributed by atoms with Crippen LogP contribution in [0.15, 0.2) is 41.1 Å². The molecule has 1 amide bonds. The summed E-state index contributed by atoms with van der Waals surface area (Å²) in [6, 6.07) is 6.91. The highest BCUT2D eigenvalue weighted by Gasteiger charge is 2.15. The number of nitrogen functional groups attached to an aromatic ring is 1. The van der Waals surface area contributed by atoms with Crippen LogP contribution in [0.3, 0.4) is 0 Å². The van der Waals surface area contributed by atoms with E-state index in [1.807, 2.05) is 12.1 Å². The van der Waals surface area contributed by atoms with Crippen molar-refractivity contribution >= 4 is 21.8 Å². The second kappa shape index (κ2) is 7.05. The molecule has 3 N–H and O–H groups in total. The zero-order chi connectivity index (χ0) is 15.2. The molecule has 0 aliphatic rings. The number of hydrogen-bond acceptors (Lipinski definition) is 5. The Morgan fingerprint density at radius 1 is 1.48 bits per heavy atom. The predicted octanol–water partition coefficient (Wildman–Crippen LogP) is 2.04. The fourth-order valence-corrected chi connectivity index (χ4v) is 2.27. The van der Waals surface area contributed by atoms with Crippen LogP contribution in [0.5, 0.6) is 11.5 Å². The number of rotatable bonds is 5. The molecule has 1 aromatic carbocycles. The number of hydrazine groups is 1. The minimum atomic E-state index is -0.409. The van der Waals surface area contributed by atoms with Gasteiger partial charge in [0.15, 0.2) is 11.5 Å². The van der Waals surface area contributed by atoms with E-state index in [2.05, 4.69) is 26.3 Å². The first-order valence-electron chi connectivity index (χ1n) is 6.06. The number of methoxy groups -OCH3 is 1. The van der Waals surface area contributed by atoms with Gasteiger partial charge in [-0.2, -0.15) is 0 Å². The second-order valence-corrected chi connectivity index (χ2v) is 4.97. The fraction of sp³-hybridized carbons (Fsp3) is 0.143. The lowest BCUT2D eigenvalue weighted by atomic mass is 10.2. The number of halogens is 1. The minimum absolute atomic E-state index is 0.339. The molecular weight excluding hydrogens is 338 g/mol. The molecule has 1 aromatic heterocycles. The van der Waals surface area contributed by atoms with Gasteiger partial charge in [0.25, 0.3) is 5.91 Å². The molecule has 0 radical (unpaired) electrons. The Bertz CT molecular complexity index is 635. The van der Waals surface area contributed by atoms with Crippen LogP contribution in [0.25, 0.3) is 0 Å². The molecule has 0 spiro atoms. The first-order valence-corrected chi connectivity index (χ1v) is 6.85. The zero-order valence-electron chi connectivity index (χ0n) is 11.3. The van der Waals surface area contributed by atoms with Crippen molar-refractivity contribution in [3.63, 3.8) is 0 Å². The molecule has 0 fully saturated rings. The number of nitrogens with one attached hydrogen (secondary N) is 1. The van der Waals surface area contributed by atoms with Gasteiger partial charge in [0.05, 0.1) is 11.6 Å². The Morgan fingerprint density at radius 3 is 2.90 bits per heavy atom. The van der Waals surface area contributed by atoms with Crippen molar-refractivity contribution in [2.45, 2.75) is 6.61 Å². The Labute approximate surface area is 130 Å². The molecule has 2 rings (SSSR count). The summed E-state index contributed by atoms with van der Waals surface area (Å²) in [5.41, 5.74) is 3.37. The van der Waals surface area contributed by atoms with Crippen molar-refractivity contribution in [1.82, 2.24) is 10.4 Å². The number of nitrogens with zero attached hydrogens (tertiary/aromatic N) is 1. The van der Waals surface area contributed by atoms with Gasteiger partial charge in [-0.3, -0.25) is 15.2 Å². The van der Waals surface area contributed by atoms with Crippen LogP contribution in [0, 0.1) is 0 Å². The minimum Gasteiger partial charge on any atom is -0.493 e. The van der Waals surface area contributed by atoms with Gasteiger partial charge in [-0.15, -0.1) is 0 Å². The summed E-state index contributed by atoms with van der Waals surface area (Å²) >= 11 is 3.37. The molecule has 0 saturated heterocycles. The maximum Gasteiger partial charge on any atom is 0.265 e. The monoisotopic (exact) mass is 351 g/mol. The molecule has 1 heterocycles. The number of amides is 1. The van der Waals surface area contributed by atoms with E-state index in [9.17, 15) is 4.79 Å². The third-order valence-corrected chi connectivity index (χ3v) is 3.32. The number of carbonyl (C=O) groups excluding carboxylic acids is 1. The van der Waals surface area contributed by atoms with Crippen LogP contribution < -0.4 is 20.7 Å². The summed E-state index contributed by atoms with van der Waals surface area (Å²) in [7, 11) is 1.50. The van der Waals surface area contributed by atoms with Gasteiger partial charge < -0.3 is 9.47 Å². The zero-order valence-corrected chi connectivity index (χ0v) is 12.9. The average Bonchev–Trinajstić information content (AvgIpc) is 2.53. The number of hydrogen-bond donors (Lipinski definition) is 2. The molecule has 21 heavy (non-hydrogen) atoms. The van der Waals surface area contributed by atoms with E-state index in [-0.39, 0.29) is 0 Å². The van der Waals surface area contributed by atoms with Crippen LogP contribution in [0.1, 0.15) is 15.9 Å². The van der Waals surface area contributed by atoms with Gasteiger partial charge >= 0.3 is 0 Å². The maximum absolute atomic E-state index is 11.6. The van der Waals surface area contributed by atoms with Gasteiger partial charge in [-0.25, -0.2) is 5.84 Å². The van der Waals surface area contributed by atoms with Crippen LogP contribution in [-0.2, 0) is 6.61 Å². The van der Waals surface area contributed by atoms with Crippen molar-refractivity contribution < 1.29 is 14.3 Å². The molecule has 0 aliphatic heterocycles. The van der Waals surface area contributed by atoms with Crippen molar-refractivity contribution in [2.24, 2.45) is 5.84 Å². The third kappa shape index (κ3) is 3.71. The van der Waals surface area contributed by atoms with Crippen LogP contribution in [0.4, 0.5) is 0 Å². The van der Waals surface area contributed by atoms with Crippen LogP contribution in [-0.4, -0.2) is 18.0 Å². The molecule has 0 bridgehead atoms. The maximum atomic E-state index is 11.6. The molecule has 2 aromatic rings. The second-order valence-electron chi connectivity index (χ2n) is 4.11. The van der Waals surface area contributed by atoms with E-state index in [1.54, 1.807) is 24.5 Å². The molecule has 0 aliphatic carbocycles. The lowest BCUT2D eigenvalue weighted by Gasteiger charge is -2.14. The summed E-state index contributed by atoms with van der Waals surface area (Å²) < 4.78 is 11.6. The van der Waals surface area contributed by atoms with E-state index in [0.717, 1.165) is 5.56 Å². The summed E-state index contributed by atoms with van der Waals surface area (Å²) in [5.74, 6) is 5.66. The predicted molar refractivity (Wildman–Crippen MR) is 80.9 cm³/mol. The Hall–Kier alpha value is -2.12. The Morgan fingerprint density at radius 2 is 2.29 bits per heavy atom. The first kappa shape index (κ1) is 15.3. The summed E-state index contributed by atoms with van der Waals surface area (Å²) in [5, 5.41) is 0. The number of carbonyl (C=O) groups is 1. The highest BCUT2D eigenvalue weighted by Crippen LogP contribution is 2.37. The molecule has 0 atom stereocenters. The Balaban J connectivity index is 2.24. The van der Waals surface area contributed by atoms with Crippen molar-refractivity contribution in [3.8, 4) is 11.5 Å². The molecule has 7 heteroatoms. The van der Waals surface area contributed by atoms with Gasteiger partial charge in [0.2, 0.25) is 0 Å². The highest BCUT2D eigenvalue weighted by molar-refractivity contribution is 9.10. The topological polar surface area (TPSA) is 86.5 Å². The quantitative estimate of drug-likeness (QED) is 0.489. The van der Waals surface area contributed by atoms with E-state index in [0.29, 0.717) is 28.1 Å². The van der Waals surface area contributed by atoms with Gasteiger partial charge in [0.1, 0.15) is 6.61 Å². The number of pyridine rings is 1. The number of benzene rings is 1. The van der Waals surface area contributed by atoms with Crippen LogP contribution >= 0.6 is 15.9 Å². The standard InChI is InChI=1S/C14H14BrN3O3/c1-20-12-6-10(14(19)18-16)5-11(15)13(12)21-8-9-3-2-4-17-7-9/h2-7H,8,16H2,1H3,(H,18,19). The first-order chi connectivity index (χ1) is 10.2. The molecule has 0 saturated carbocycles. The molecular formula is C14H14BrN3O3. The normalized spacial score (nSPS) is 10.0. The number of aromatic nitrogens is 1. The van der Waals surface area contributed by atoms with Crippen LogP contribution in [0.2, 0.25) is 0 Å². The highest BCUT2D eigenvalue weighted by atomic mass is 79.9. The van der Waals surface area contributed by atoms with Gasteiger partial charge in [-0.1, -0.05) is 6.07 Å². The molecule has 110 valence electrons. The summed E-state index contributed by atoms with van der Waals surface area (Å²) in [4.78, 5) is 15.6. The Kier molecular flexibility index (Phi) is 5.13. The van der Waals surface area contributed by atoms with Gasteiger partial charge in [0, 0.05) is 23.5 Å². The fourth-order valence-electron chi connectivity index (χ4n) is 1.71. The average molecular weight is 352 g/mol. The van der Waals surface area contributed by atoms with Crippen molar-refractivity contribution in [1.29, 1.82) is 0 Å². The van der Waals surface area contributed by atoms with E-state index < -0.39 is 5.91 Å². The van der Waals surface area contributed by atoms with E-state index >= 15 is 0 Å². The smallest absolute Gasteiger partial charge is 0.265 e. The lowest BCUT2D eigenvalue weighted by Crippen LogP contribution is -2.30. The third-order valence-electron chi connectivity index (χ3n) is 2.73. The molecule has 0 unspecified atom stereocenters.